The molecular formula is C14H16ClNO. The molecule has 0 aliphatic heterocycles. The van der Waals surface area contributed by atoms with Gasteiger partial charge in [0.2, 0.25) is 0 Å². The van der Waals surface area contributed by atoms with Crippen LogP contribution in [0.4, 0.5) is 5.69 Å². The third-order valence-corrected chi connectivity index (χ3v) is 3.36. The Morgan fingerprint density at radius 2 is 1.94 bits per heavy atom. The molecule has 0 bridgehead atoms. The second kappa shape index (κ2) is 4.53. The van der Waals surface area contributed by atoms with Gasteiger partial charge in [-0.3, -0.25) is 4.79 Å². The van der Waals surface area contributed by atoms with Gasteiger partial charge in [0.25, 0.3) is 0 Å². The van der Waals surface area contributed by atoms with Crippen molar-refractivity contribution in [2.45, 2.75) is 26.3 Å². The van der Waals surface area contributed by atoms with Crippen molar-refractivity contribution in [3.05, 3.63) is 41.4 Å². The number of ketones is 1. The molecule has 3 heteroatoms. The van der Waals surface area contributed by atoms with Gasteiger partial charge in [0, 0.05) is 17.1 Å². The maximum Gasteiger partial charge on any atom is 0.156 e. The van der Waals surface area contributed by atoms with Crippen molar-refractivity contribution >= 4 is 23.1 Å². The summed E-state index contributed by atoms with van der Waals surface area (Å²) in [4.78, 5) is 11.4. The lowest BCUT2D eigenvalue weighted by atomic mass is 9.76. The molecule has 0 saturated heterocycles. The van der Waals surface area contributed by atoms with E-state index in [1.54, 1.807) is 6.08 Å². The highest BCUT2D eigenvalue weighted by atomic mass is 35.5. The summed E-state index contributed by atoms with van der Waals surface area (Å²) in [5, 5.41) is 4.15. The number of carbonyl (C=O) groups is 1. The third kappa shape index (κ3) is 2.89. The van der Waals surface area contributed by atoms with E-state index in [-0.39, 0.29) is 17.2 Å². The van der Waals surface area contributed by atoms with Crippen molar-refractivity contribution in [2.75, 3.05) is 5.32 Å². The zero-order chi connectivity index (χ0) is 12.5. The number of halogens is 1. The molecule has 0 fully saturated rings. The lowest BCUT2D eigenvalue weighted by molar-refractivity contribution is -0.117. The van der Waals surface area contributed by atoms with Crippen LogP contribution in [0.2, 0.25) is 5.02 Å². The zero-order valence-corrected chi connectivity index (χ0v) is 10.8. The van der Waals surface area contributed by atoms with Gasteiger partial charge in [0.15, 0.2) is 5.78 Å². The van der Waals surface area contributed by atoms with Crippen LogP contribution < -0.4 is 5.32 Å². The van der Waals surface area contributed by atoms with Gasteiger partial charge in [-0.05, 0) is 35.8 Å². The fraction of sp³-hybridized carbons (Fsp3) is 0.357. The molecule has 1 unspecified atom stereocenters. The minimum Gasteiger partial charge on any atom is -0.378 e. The van der Waals surface area contributed by atoms with Gasteiger partial charge in [-0.25, -0.2) is 0 Å². The van der Waals surface area contributed by atoms with Crippen LogP contribution in [0.25, 0.3) is 0 Å². The Bertz CT molecular complexity index is 448. The first-order valence-electron chi connectivity index (χ1n) is 5.70. The SMILES string of the molecule is CC1(C)CC(=O)C=CC1Nc1ccc(Cl)cc1. The van der Waals surface area contributed by atoms with Crippen LogP contribution in [0.5, 0.6) is 0 Å². The first-order chi connectivity index (χ1) is 7.97. The first-order valence-corrected chi connectivity index (χ1v) is 6.08. The molecule has 0 saturated carbocycles. The molecule has 1 N–H and O–H groups in total. The van der Waals surface area contributed by atoms with Gasteiger partial charge in [-0.2, -0.15) is 0 Å². The van der Waals surface area contributed by atoms with Crippen molar-refractivity contribution in [1.29, 1.82) is 0 Å². The Balaban J connectivity index is 2.15. The smallest absolute Gasteiger partial charge is 0.156 e. The minimum atomic E-state index is -0.0640. The summed E-state index contributed by atoms with van der Waals surface area (Å²) < 4.78 is 0. The Morgan fingerprint density at radius 3 is 2.53 bits per heavy atom. The van der Waals surface area contributed by atoms with Gasteiger partial charge >= 0.3 is 0 Å². The standard InChI is InChI=1S/C14H16ClNO/c1-14(2)9-12(17)7-8-13(14)16-11-5-3-10(15)4-6-11/h3-8,13,16H,9H2,1-2H3. The molecule has 1 atom stereocenters. The van der Waals surface area contributed by atoms with Crippen molar-refractivity contribution < 1.29 is 4.79 Å². The Morgan fingerprint density at radius 1 is 1.29 bits per heavy atom. The van der Waals surface area contributed by atoms with Crippen LogP contribution in [-0.2, 0) is 4.79 Å². The topological polar surface area (TPSA) is 29.1 Å². The highest BCUT2D eigenvalue weighted by molar-refractivity contribution is 6.30. The van der Waals surface area contributed by atoms with E-state index >= 15 is 0 Å². The molecule has 1 aliphatic rings. The molecule has 17 heavy (non-hydrogen) atoms. The fourth-order valence-electron chi connectivity index (χ4n) is 2.05. The fourth-order valence-corrected chi connectivity index (χ4v) is 2.18. The molecular weight excluding hydrogens is 234 g/mol. The lowest BCUT2D eigenvalue weighted by Crippen LogP contribution is -2.38. The molecule has 2 rings (SSSR count). The number of rotatable bonds is 2. The van der Waals surface area contributed by atoms with Gasteiger partial charge < -0.3 is 5.32 Å². The van der Waals surface area contributed by atoms with E-state index in [1.165, 1.54) is 0 Å². The maximum absolute atomic E-state index is 11.4. The lowest BCUT2D eigenvalue weighted by Gasteiger charge is -2.35. The van der Waals surface area contributed by atoms with E-state index in [2.05, 4.69) is 19.2 Å². The maximum atomic E-state index is 11.4. The average Bonchev–Trinajstić information content (AvgIpc) is 2.24. The van der Waals surface area contributed by atoms with Crippen molar-refractivity contribution in [2.24, 2.45) is 5.41 Å². The van der Waals surface area contributed by atoms with Crippen LogP contribution in [0.1, 0.15) is 20.3 Å². The van der Waals surface area contributed by atoms with Crippen LogP contribution >= 0.6 is 11.6 Å². The summed E-state index contributed by atoms with van der Waals surface area (Å²) >= 11 is 5.84. The van der Waals surface area contributed by atoms with Crippen LogP contribution in [0, 0.1) is 5.41 Å². The van der Waals surface area contributed by atoms with E-state index in [0.29, 0.717) is 6.42 Å². The molecule has 0 spiro atoms. The van der Waals surface area contributed by atoms with Crippen molar-refractivity contribution in [1.82, 2.24) is 0 Å². The Kier molecular flexibility index (Phi) is 3.25. The number of anilines is 1. The molecule has 1 aromatic carbocycles. The van der Waals surface area contributed by atoms with E-state index < -0.39 is 0 Å². The monoisotopic (exact) mass is 249 g/mol. The number of hydrogen-bond acceptors (Lipinski definition) is 2. The quantitative estimate of drug-likeness (QED) is 0.866. The predicted molar refractivity (Wildman–Crippen MR) is 71.4 cm³/mol. The summed E-state index contributed by atoms with van der Waals surface area (Å²) in [5.41, 5.74) is 0.956. The molecule has 0 aromatic heterocycles. The zero-order valence-electron chi connectivity index (χ0n) is 10.0. The van der Waals surface area contributed by atoms with Gasteiger partial charge in [-0.1, -0.05) is 31.5 Å². The average molecular weight is 250 g/mol. The first kappa shape index (κ1) is 12.2. The third-order valence-electron chi connectivity index (χ3n) is 3.11. The largest absolute Gasteiger partial charge is 0.378 e. The summed E-state index contributed by atoms with van der Waals surface area (Å²) in [6.45, 7) is 4.20. The van der Waals surface area contributed by atoms with Gasteiger partial charge in [-0.15, -0.1) is 0 Å². The number of nitrogens with one attached hydrogen (secondary N) is 1. The van der Waals surface area contributed by atoms with Crippen LogP contribution in [0.15, 0.2) is 36.4 Å². The second-order valence-corrected chi connectivity index (χ2v) is 5.56. The molecule has 90 valence electrons. The number of hydrogen-bond donors (Lipinski definition) is 1. The van der Waals surface area contributed by atoms with Crippen LogP contribution in [0.3, 0.4) is 0 Å². The number of benzene rings is 1. The molecule has 0 radical (unpaired) electrons. The normalized spacial score (nSPS) is 22.5. The molecule has 1 aliphatic carbocycles. The van der Waals surface area contributed by atoms with E-state index in [0.717, 1.165) is 10.7 Å². The second-order valence-electron chi connectivity index (χ2n) is 5.12. The van der Waals surface area contributed by atoms with Gasteiger partial charge in [0.05, 0.1) is 6.04 Å². The Hall–Kier alpha value is -1.28. The molecule has 2 nitrogen and oxygen atoms in total. The van der Waals surface area contributed by atoms with E-state index in [9.17, 15) is 4.79 Å². The number of allylic oxidation sites excluding steroid dienone is 1. The van der Waals surface area contributed by atoms with E-state index in [4.69, 9.17) is 11.6 Å². The Labute approximate surface area is 107 Å². The summed E-state index contributed by atoms with van der Waals surface area (Å²) in [7, 11) is 0. The van der Waals surface area contributed by atoms with E-state index in [1.807, 2.05) is 30.3 Å². The number of carbonyl (C=O) groups excluding carboxylic acids is 1. The van der Waals surface area contributed by atoms with Crippen molar-refractivity contribution in [3.8, 4) is 0 Å². The minimum absolute atomic E-state index is 0.0640. The highest BCUT2D eigenvalue weighted by Gasteiger charge is 2.32. The molecule has 1 aromatic rings. The summed E-state index contributed by atoms with van der Waals surface area (Å²) in [6.07, 6.45) is 4.19. The summed E-state index contributed by atoms with van der Waals surface area (Å²) in [6, 6.07) is 7.77. The van der Waals surface area contributed by atoms with Crippen LogP contribution in [-0.4, -0.2) is 11.8 Å². The highest BCUT2D eigenvalue weighted by Crippen LogP contribution is 2.32. The molecule has 0 heterocycles. The summed E-state index contributed by atoms with van der Waals surface area (Å²) in [5.74, 6) is 0.198. The molecule has 0 amide bonds. The van der Waals surface area contributed by atoms with Gasteiger partial charge in [0.1, 0.15) is 0 Å². The predicted octanol–water partition coefficient (Wildman–Crippen LogP) is 3.68. The van der Waals surface area contributed by atoms with Crippen molar-refractivity contribution in [3.63, 3.8) is 0 Å².